The second-order valence-corrected chi connectivity index (χ2v) is 6.90. The Morgan fingerprint density at radius 1 is 1.04 bits per heavy atom. The van der Waals surface area contributed by atoms with Crippen molar-refractivity contribution in [3.05, 3.63) is 35.4 Å². The number of carbonyl (C=O) groups excluding carboxylic acids is 1. The Balaban J connectivity index is 1.52. The minimum Gasteiger partial charge on any atom is -0.478 e. The van der Waals surface area contributed by atoms with Gasteiger partial charge in [0.2, 0.25) is 5.91 Å². The van der Waals surface area contributed by atoms with Gasteiger partial charge in [0.05, 0.1) is 5.56 Å². The minimum absolute atomic E-state index is 0.292. The van der Waals surface area contributed by atoms with Gasteiger partial charge in [-0.1, -0.05) is 12.1 Å². The van der Waals surface area contributed by atoms with E-state index in [0.29, 0.717) is 23.8 Å². The third kappa shape index (κ3) is 4.15. The number of piperidine rings is 1. The van der Waals surface area contributed by atoms with E-state index in [-0.39, 0.29) is 0 Å². The van der Waals surface area contributed by atoms with Gasteiger partial charge in [-0.25, -0.2) is 4.79 Å². The molecule has 0 radical (unpaired) electrons. The van der Waals surface area contributed by atoms with Crippen LogP contribution < -0.4 is 0 Å². The lowest BCUT2D eigenvalue weighted by Crippen LogP contribution is -2.38. The summed E-state index contributed by atoms with van der Waals surface area (Å²) in [6.07, 6.45) is 5.16. The summed E-state index contributed by atoms with van der Waals surface area (Å²) < 4.78 is 0. The first-order valence-electron chi connectivity index (χ1n) is 8.97. The average molecular weight is 330 g/mol. The predicted molar refractivity (Wildman–Crippen MR) is 92.2 cm³/mol. The van der Waals surface area contributed by atoms with Crippen molar-refractivity contribution in [1.29, 1.82) is 0 Å². The Bertz CT molecular complexity index is 579. The maximum Gasteiger partial charge on any atom is 0.335 e. The van der Waals surface area contributed by atoms with Gasteiger partial charge in [0.15, 0.2) is 0 Å². The topological polar surface area (TPSA) is 60.9 Å². The van der Waals surface area contributed by atoms with E-state index in [1.807, 2.05) is 17.0 Å². The monoisotopic (exact) mass is 330 g/mol. The van der Waals surface area contributed by atoms with E-state index in [1.165, 1.54) is 5.56 Å². The molecule has 0 saturated carbocycles. The van der Waals surface area contributed by atoms with Crippen LogP contribution in [0.2, 0.25) is 0 Å². The number of carbonyl (C=O) groups is 2. The Kier molecular flexibility index (Phi) is 5.51. The molecule has 0 aromatic heterocycles. The zero-order valence-corrected chi connectivity index (χ0v) is 14.1. The average Bonchev–Trinajstić information content (AvgIpc) is 3.15. The number of hydrogen-bond acceptors (Lipinski definition) is 3. The summed E-state index contributed by atoms with van der Waals surface area (Å²) in [6.45, 7) is 4.70. The van der Waals surface area contributed by atoms with Crippen LogP contribution in [0.5, 0.6) is 0 Å². The van der Waals surface area contributed by atoms with Crippen molar-refractivity contribution in [2.24, 2.45) is 0 Å². The second kappa shape index (κ2) is 7.79. The lowest BCUT2D eigenvalue weighted by Gasteiger charge is -2.33. The molecule has 2 saturated heterocycles. The van der Waals surface area contributed by atoms with Crippen LogP contribution in [0.4, 0.5) is 0 Å². The number of aromatic carboxylic acids is 1. The maximum atomic E-state index is 12.2. The van der Waals surface area contributed by atoms with E-state index in [0.717, 1.165) is 58.4 Å². The van der Waals surface area contributed by atoms with Gasteiger partial charge < -0.3 is 14.9 Å². The number of carboxylic acids is 1. The molecule has 130 valence electrons. The number of carboxylic acid groups (broad SMARTS) is 1. The highest BCUT2D eigenvalue weighted by Gasteiger charge is 2.23. The molecule has 3 rings (SSSR count). The largest absolute Gasteiger partial charge is 0.478 e. The first-order valence-corrected chi connectivity index (χ1v) is 8.97. The third-order valence-corrected chi connectivity index (χ3v) is 5.24. The third-order valence-electron chi connectivity index (χ3n) is 5.24. The summed E-state index contributed by atoms with van der Waals surface area (Å²) in [7, 11) is 0. The number of rotatable bonds is 5. The molecule has 0 spiro atoms. The molecule has 1 aromatic rings. The van der Waals surface area contributed by atoms with Crippen LogP contribution in [0.3, 0.4) is 0 Å². The van der Waals surface area contributed by atoms with E-state index >= 15 is 0 Å². The van der Waals surface area contributed by atoms with Crippen molar-refractivity contribution >= 4 is 11.9 Å². The van der Waals surface area contributed by atoms with Crippen molar-refractivity contribution in [2.45, 2.75) is 38.0 Å². The van der Waals surface area contributed by atoms with E-state index in [9.17, 15) is 9.59 Å². The fourth-order valence-corrected chi connectivity index (χ4v) is 3.81. The SMILES string of the molecule is O=C(O)c1ccc(C2CCCN(CCC(=O)N3CCCC3)C2)cc1. The highest BCUT2D eigenvalue weighted by molar-refractivity contribution is 5.87. The molecule has 2 heterocycles. The van der Waals surface area contributed by atoms with Crippen molar-refractivity contribution in [3.63, 3.8) is 0 Å². The Morgan fingerprint density at radius 3 is 2.42 bits per heavy atom. The van der Waals surface area contributed by atoms with Crippen molar-refractivity contribution < 1.29 is 14.7 Å². The molecule has 0 aliphatic carbocycles. The second-order valence-electron chi connectivity index (χ2n) is 6.90. The van der Waals surface area contributed by atoms with Crippen LogP contribution in [0.25, 0.3) is 0 Å². The zero-order chi connectivity index (χ0) is 16.9. The molecule has 1 N–H and O–H groups in total. The maximum absolute atomic E-state index is 12.2. The fraction of sp³-hybridized carbons (Fsp3) is 0.579. The quantitative estimate of drug-likeness (QED) is 0.901. The lowest BCUT2D eigenvalue weighted by atomic mass is 9.90. The molecule has 2 aliphatic rings. The van der Waals surface area contributed by atoms with Crippen LogP contribution in [0.1, 0.15) is 53.9 Å². The number of benzene rings is 1. The summed E-state index contributed by atoms with van der Waals surface area (Å²) in [6, 6.07) is 7.25. The van der Waals surface area contributed by atoms with Crippen LogP contribution in [-0.2, 0) is 4.79 Å². The van der Waals surface area contributed by atoms with E-state index in [4.69, 9.17) is 5.11 Å². The first-order chi connectivity index (χ1) is 11.6. The molecule has 1 unspecified atom stereocenters. The summed E-state index contributed by atoms with van der Waals surface area (Å²) in [5.41, 5.74) is 1.54. The lowest BCUT2D eigenvalue weighted by molar-refractivity contribution is -0.130. The summed E-state index contributed by atoms with van der Waals surface area (Å²) in [5.74, 6) is -0.156. The van der Waals surface area contributed by atoms with E-state index < -0.39 is 5.97 Å². The van der Waals surface area contributed by atoms with Gasteiger partial charge in [0.25, 0.3) is 0 Å². The van der Waals surface area contributed by atoms with Crippen LogP contribution in [-0.4, -0.2) is 59.5 Å². The summed E-state index contributed by atoms with van der Waals surface area (Å²) >= 11 is 0. The molecular formula is C19H26N2O3. The standard InChI is InChI=1S/C19H26N2O3/c22-18(21-11-1-2-12-21)9-13-20-10-3-4-17(14-20)15-5-7-16(8-6-15)19(23)24/h5-8,17H,1-4,9-14H2,(H,23,24). The van der Waals surface area contributed by atoms with Crippen molar-refractivity contribution in [2.75, 3.05) is 32.7 Å². The van der Waals surface area contributed by atoms with E-state index in [1.54, 1.807) is 12.1 Å². The molecular weight excluding hydrogens is 304 g/mol. The van der Waals surface area contributed by atoms with Gasteiger partial charge in [-0.2, -0.15) is 0 Å². The van der Waals surface area contributed by atoms with Crippen molar-refractivity contribution in [3.8, 4) is 0 Å². The zero-order valence-electron chi connectivity index (χ0n) is 14.1. The highest BCUT2D eigenvalue weighted by atomic mass is 16.4. The number of nitrogens with zero attached hydrogens (tertiary/aromatic N) is 2. The predicted octanol–water partition coefficient (Wildman–Crippen LogP) is 2.58. The van der Waals surface area contributed by atoms with Gasteiger partial charge in [-0.15, -0.1) is 0 Å². The fourth-order valence-electron chi connectivity index (χ4n) is 3.81. The number of amides is 1. The Labute approximate surface area is 143 Å². The minimum atomic E-state index is -0.882. The molecule has 1 aromatic carbocycles. The number of likely N-dealkylation sites (tertiary alicyclic amines) is 2. The van der Waals surface area contributed by atoms with Crippen LogP contribution >= 0.6 is 0 Å². The number of hydrogen-bond donors (Lipinski definition) is 1. The smallest absolute Gasteiger partial charge is 0.335 e. The Morgan fingerprint density at radius 2 is 1.75 bits per heavy atom. The molecule has 24 heavy (non-hydrogen) atoms. The molecule has 0 bridgehead atoms. The normalized spacial score (nSPS) is 21.8. The highest BCUT2D eigenvalue weighted by Crippen LogP contribution is 2.27. The first kappa shape index (κ1) is 17.0. The molecule has 1 amide bonds. The van der Waals surface area contributed by atoms with Gasteiger partial charge in [0, 0.05) is 32.6 Å². The van der Waals surface area contributed by atoms with Gasteiger partial charge in [-0.05, 0) is 55.8 Å². The summed E-state index contributed by atoms with van der Waals surface area (Å²) in [5, 5.41) is 9.00. The summed E-state index contributed by atoms with van der Waals surface area (Å²) in [4.78, 5) is 27.5. The molecule has 2 fully saturated rings. The van der Waals surface area contributed by atoms with Crippen molar-refractivity contribution in [1.82, 2.24) is 9.80 Å². The molecule has 1 atom stereocenters. The molecule has 2 aliphatic heterocycles. The van der Waals surface area contributed by atoms with E-state index in [2.05, 4.69) is 4.90 Å². The van der Waals surface area contributed by atoms with Crippen LogP contribution in [0, 0.1) is 0 Å². The van der Waals surface area contributed by atoms with Gasteiger partial charge >= 0.3 is 5.97 Å². The van der Waals surface area contributed by atoms with Gasteiger partial charge in [0.1, 0.15) is 0 Å². The Hall–Kier alpha value is -1.88. The molecule has 5 heteroatoms. The van der Waals surface area contributed by atoms with Crippen LogP contribution in [0.15, 0.2) is 24.3 Å². The molecule has 5 nitrogen and oxygen atoms in total. The van der Waals surface area contributed by atoms with Gasteiger partial charge in [-0.3, -0.25) is 4.79 Å².